The maximum absolute atomic E-state index is 2.34. The third-order valence-electron chi connectivity index (χ3n) is 2.81. The van der Waals surface area contributed by atoms with Gasteiger partial charge in [0.2, 0.25) is 0 Å². The van der Waals surface area contributed by atoms with Crippen molar-refractivity contribution in [1.29, 1.82) is 0 Å². The van der Waals surface area contributed by atoms with E-state index in [1.165, 1.54) is 31.2 Å². The van der Waals surface area contributed by atoms with Crippen molar-refractivity contribution in [2.75, 3.05) is 0 Å². The lowest BCUT2D eigenvalue weighted by Crippen LogP contribution is -1.91. The maximum Gasteiger partial charge on any atom is -0.0307 e. The molecule has 1 aromatic carbocycles. The zero-order valence-corrected chi connectivity index (χ0v) is 13.5. The van der Waals surface area contributed by atoms with Crippen LogP contribution in [0.3, 0.4) is 0 Å². The van der Waals surface area contributed by atoms with E-state index in [2.05, 4.69) is 52.0 Å². The van der Waals surface area contributed by atoms with Crippen LogP contribution in [0.2, 0.25) is 0 Å². The highest BCUT2D eigenvalue weighted by Gasteiger charge is 1.95. The van der Waals surface area contributed by atoms with Crippen molar-refractivity contribution in [3.05, 3.63) is 35.9 Å². The lowest BCUT2D eigenvalue weighted by Gasteiger charge is -2.05. The van der Waals surface area contributed by atoms with Gasteiger partial charge in [-0.1, -0.05) is 105 Å². The Morgan fingerprint density at radius 2 is 1.26 bits per heavy atom. The van der Waals surface area contributed by atoms with Crippen molar-refractivity contribution >= 4 is 0 Å². The predicted octanol–water partition coefficient (Wildman–Crippen LogP) is 7.13. The molecular weight excluding hydrogens is 228 g/mol. The molecule has 0 aromatic heterocycles. The first kappa shape index (κ1) is 23.3. The first-order valence-electron chi connectivity index (χ1n) is 7.78. The summed E-state index contributed by atoms with van der Waals surface area (Å²) in [5.74, 6) is 0.963. The van der Waals surface area contributed by atoms with Crippen LogP contribution in [0.5, 0.6) is 0 Å². The van der Waals surface area contributed by atoms with Crippen LogP contribution in [0, 0.1) is 5.92 Å². The molecule has 0 heteroatoms. The Morgan fingerprint density at radius 1 is 0.842 bits per heavy atom. The average molecular weight is 267 g/mol. The monoisotopic (exact) mass is 266 g/mol. The largest absolute Gasteiger partial charge is 0.0776 e. The second-order valence-corrected chi connectivity index (χ2v) is 4.52. The van der Waals surface area contributed by atoms with Crippen molar-refractivity contribution in [2.45, 2.75) is 81.1 Å². The molecule has 0 nitrogen and oxygen atoms in total. The van der Waals surface area contributed by atoms with Crippen molar-refractivity contribution in [1.82, 2.24) is 0 Å². The van der Waals surface area contributed by atoms with Crippen LogP contribution in [0.25, 0.3) is 0 Å². The summed E-state index contributed by atoms with van der Waals surface area (Å²) in [6.07, 6.45) is 6.66. The summed E-state index contributed by atoms with van der Waals surface area (Å²) in [5, 5.41) is 0. The van der Waals surface area contributed by atoms with Gasteiger partial charge in [-0.3, -0.25) is 0 Å². The molecule has 0 saturated carbocycles. The Bertz CT molecular complexity index is 219. The molecule has 0 aliphatic rings. The predicted molar refractivity (Wildman–Crippen MR) is 92.9 cm³/mol. The molecule has 0 fully saturated rings. The van der Waals surface area contributed by atoms with Crippen molar-refractivity contribution in [3.63, 3.8) is 0 Å². The molecule has 0 aliphatic carbocycles. The first-order valence-corrected chi connectivity index (χ1v) is 7.78. The molecule has 1 aromatic rings. The second kappa shape index (κ2) is 19.6. The molecule has 0 bridgehead atoms. The van der Waals surface area contributed by atoms with Gasteiger partial charge in [-0.15, -0.1) is 0 Å². The fraction of sp³-hybridized carbons (Fsp3) is 0.684. The third-order valence-corrected chi connectivity index (χ3v) is 2.81. The van der Waals surface area contributed by atoms with Crippen LogP contribution < -0.4 is 0 Å². The Balaban J connectivity index is -0.000000228. The maximum atomic E-state index is 2.34. The number of aryl methyl sites for hydroxylation is 1. The minimum absolute atomic E-state index is 0. The highest BCUT2D eigenvalue weighted by molar-refractivity contribution is 5.13. The van der Waals surface area contributed by atoms with Gasteiger partial charge in [-0.25, -0.2) is 0 Å². The van der Waals surface area contributed by atoms with Gasteiger partial charge in [0.1, 0.15) is 0 Å². The van der Waals surface area contributed by atoms with Gasteiger partial charge in [0, 0.05) is 0 Å². The number of hydrogen-bond acceptors (Lipinski definition) is 0. The van der Waals surface area contributed by atoms with Crippen LogP contribution in [-0.4, -0.2) is 0 Å². The zero-order chi connectivity index (χ0) is 14.2. The van der Waals surface area contributed by atoms with Gasteiger partial charge in [0.05, 0.1) is 0 Å². The zero-order valence-electron chi connectivity index (χ0n) is 13.5. The minimum atomic E-state index is 0. The van der Waals surface area contributed by atoms with E-state index in [0.29, 0.717) is 0 Å². The van der Waals surface area contributed by atoms with E-state index in [4.69, 9.17) is 0 Å². The SMILES string of the molecule is C.CC.CCCC(C)CCC.CCc1ccccc1. The van der Waals surface area contributed by atoms with Gasteiger partial charge >= 0.3 is 0 Å². The Labute approximate surface area is 123 Å². The Kier molecular flexibility index (Phi) is 24.0. The van der Waals surface area contributed by atoms with Crippen LogP contribution in [0.15, 0.2) is 30.3 Å². The molecule has 19 heavy (non-hydrogen) atoms. The van der Waals surface area contributed by atoms with Gasteiger partial charge < -0.3 is 0 Å². The summed E-state index contributed by atoms with van der Waals surface area (Å²) in [4.78, 5) is 0. The minimum Gasteiger partial charge on any atom is -0.0776 e. The summed E-state index contributed by atoms with van der Waals surface area (Å²) in [5.41, 5.74) is 1.41. The highest BCUT2D eigenvalue weighted by atomic mass is 14.0. The van der Waals surface area contributed by atoms with Crippen LogP contribution in [-0.2, 0) is 6.42 Å². The summed E-state index contributed by atoms with van der Waals surface area (Å²) in [6.45, 7) is 13.0. The molecule has 0 heterocycles. The van der Waals surface area contributed by atoms with E-state index in [1.807, 2.05) is 19.9 Å². The van der Waals surface area contributed by atoms with Crippen molar-refractivity contribution in [3.8, 4) is 0 Å². The van der Waals surface area contributed by atoms with Gasteiger partial charge in [-0.2, -0.15) is 0 Å². The van der Waals surface area contributed by atoms with Crippen molar-refractivity contribution in [2.24, 2.45) is 5.92 Å². The number of hydrogen-bond donors (Lipinski definition) is 0. The highest BCUT2D eigenvalue weighted by Crippen LogP contribution is 2.10. The number of rotatable bonds is 5. The molecule has 0 atom stereocenters. The van der Waals surface area contributed by atoms with E-state index in [1.54, 1.807) is 0 Å². The van der Waals surface area contributed by atoms with Crippen LogP contribution >= 0.6 is 0 Å². The summed E-state index contributed by atoms with van der Waals surface area (Å²) >= 11 is 0. The molecule has 114 valence electrons. The summed E-state index contributed by atoms with van der Waals surface area (Å²) in [7, 11) is 0. The average Bonchev–Trinajstić information content (AvgIpc) is 2.43. The molecule has 0 amide bonds. The van der Waals surface area contributed by atoms with Crippen LogP contribution in [0.1, 0.15) is 80.2 Å². The fourth-order valence-corrected chi connectivity index (χ4v) is 1.84. The van der Waals surface area contributed by atoms with Crippen molar-refractivity contribution < 1.29 is 0 Å². The number of benzene rings is 1. The fourth-order valence-electron chi connectivity index (χ4n) is 1.84. The summed E-state index contributed by atoms with van der Waals surface area (Å²) in [6, 6.07) is 10.5. The van der Waals surface area contributed by atoms with Gasteiger partial charge in [0.15, 0.2) is 0 Å². The standard InChI is InChI=1S/C8H10.C8H18.C2H6.CH4/c1-2-8-6-4-3-5-7-8;1-4-6-8(3)7-5-2;1-2;/h3-7H,2H2,1H3;8H,4-7H2,1-3H3;1-2H3;1H4. The Morgan fingerprint density at radius 3 is 1.53 bits per heavy atom. The molecule has 0 spiro atoms. The van der Waals surface area contributed by atoms with Gasteiger partial charge in [0.25, 0.3) is 0 Å². The molecule has 0 N–H and O–H groups in total. The lowest BCUT2D eigenvalue weighted by molar-refractivity contribution is 0.480. The van der Waals surface area contributed by atoms with E-state index in [0.717, 1.165) is 12.3 Å². The molecule has 0 radical (unpaired) electrons. The molecule has 0 aliphatic heterocycles. The van der Waals surface area contributed by atoms with E-state index in [-0.39, 0.29) is 7.43 Å². The smallest absolute Gasteiger partial charge is 0.0307 e. The summed E-state index contributed by atoms with van der Waals surface area (Å²) < 4.78 is 0. The van der Waals surface area contributed by atoms with Crippen LogP contribution in [0.4, 0.5) is 0 Å². The van der Waals surface area contributed by atoms with E-state index >= 15 is 0 Å². The van der Waals surface area contributed by atoms with E-state index in [9.17, 15) is 0 Å². The molecular formula is C19H38. The lowest BCUT2D eigenvalue weighted by atomic mass is 10.0. The topological polar surface area (TPSA) is 0 Å². The third kappa shape index (κ3) is 17.2. The molecule has 1 rings (SSSR count). The second-order valence-electron chi connectivity index (χ2n) is 4.52. The quantitative estimate of drug-likeness (QED) is 0.531. The molecule has 0 saturated heterocycles. The van der Waals surface area contributed by atoms with Gasteiger partial charge in [-0.05, 0) is 17.9 Å². The first-order chi connectivity index (χ1) is 8.74. The Hall–Kier alpha value is -0.780. The van der Waals surface area contributed by atoms with E-state index < -0.39 is 0 Å². The molecule has 0 unspecified atom stereocenters. The normalized spacial score (nSPS) is 8.58.